The highest BCUT2D eigenvalue weighted by atomic mass is 16.5. The fraction of sp³-hybridized carbons (Fsp3) is 0.0625. The summed E-state index contributed by atoms with van der Waals surface area (Å²) in [5.74, 6) is 0.126. The first-order valence-corrected chi connectivity index (χ1v) is 6.20. The molecule has 0 fully saturated rings. The Labute approximate surface area is 121 Å². The highest BCUT2D eigenvalue weighted by molar-refractivity contribution is 5.93. The van der Waals surface area contributed by atoms with Gasteiger partial charge in [0.05, 0.1) is 11.3 Å². The normalized spacial score (nSPS) is 9.48. The predicted octanol–water partition coefficient (Wildman–Crippen LogP) is 2.39. The molecular formula is C16H12N2O3. The first-order valence-electron chi connectivity index (χ1n) is 6.20. The molecule has 0 saturated carbocycles. The van der Waals surface area contributed by atoms with Crippen molar-refractivity contribution in [1.29, 1.82) is 5.26 Å². The third-order valence-electron chi connectivity index (χ3n) is 2.71. The van der Waals surface area contributed by atoms with Gasteiger partial charge in [-0.15, -0.1) is 0 Å². The van der Waals surface area contributed by atoms with Gasteiger partial charge in [-0.05, 0) is 36.4 Å². The van der Waals surface area contributed by atoms with E-state index in [1.807, 2.05) is 6.07 Å². The molecule has 5 nitrogen and oxygen atoms in total. The molecule has 0 aliphatic rings. The van der Waals surface area contributed by atoms with Gasteiger partial charge in [-0.25, -0.2) is 0 Å². The molecule has 2 aromatic rings. The zero-order chi connectivity index (χ0) is 15.1. The number of amides is 1. The number of carbonyl (C=O) groups is 2. The van der Waals surface area contributed by atoms with Crippen LogP contribution in [0.15, 0.2) is 48.5 Å². The van der Waals surface area contributed by atoms with Crippen molar-refractivity contribution in [3.8, 4) is 11.8 Å². The van der Waals surface area contributed by atoms with E-state index < -0.39 is 0 Å². The number of nitriles is 1. The predicted molar refractivity (Wildman–Crippen MR) is 77.1 cm³/mol. The maximum absolute atomic E-state index is 11.8. The van der Waals surface area contributed by atoms with E-state index in [-0.39, 0.29) is 12.5 Å². The number of nitrogens with zero attached hydrogens (tertiary/aromatic N) is 1. The van der Waals surface area contributed by atoms with Crippen LogP contribution in [-0.4, -0.2) is 18.8 Å². The van der Waals surface area contributed by atoms with E-state index in [1.54, 1.807) is 48.5 Å². The van der Waals surface area contributed by atoms with Gasteiger partial charge in [0, 0.05) is 5.56 Å². The van der Waals surface area contributed by atoms with Gasteiger partial charge in [-0.1, -0.05) is 12.1 Å². The SMILES string of the molecule is N#Cc1ccccc1NC(=O)COc1ccc(C=O)cc1. The number of ether oxygens (including phenoxy) is 1. The molecule has 1 N–H and O–H groups in total. The van der Waals surface area contributed by atoms with Crippen molar-refractivity contribution in [1.82, 2.24) is 0 Å². The Balaban J connectivity index is 1.92. The number of para-hydroxylation sites is 1. The molecule has 0 spiro atoms. The molecule has 2 aromatic carbocycles. The van der Waals surface area contributed by atoms with Gasteiger partial charge in [0.15, 0.2) is 6.61 Å². The standard InChI is InChI=1S/C16H12N2O3/c17-9-13-3-1-2-4-15(13)18-16(20)11-21-14-7-5-12(10-19)6-8-14/h1-8,10H,11H2,(H,18,20). The number of benzene rings is 2. The number of hydrogen-bond donors (Lipinski definition) is 1. The van der Waals surface area contributed by atoms with E-state index in [2.05, 4.69) is 5.32 Å². The van der Waals surface area contributed by atoms with E-state index in [1.165, 1.54) is 0 Å². The van der Waals surface area contributed by atoms with Crippen LogP contribution in [0, 0.1) is 11.3 Å². The van der Waals surface area contributed by atoms with Crippen molar-refractivity contribution in [3.63, 3.8) is 0 Å². The second kappa shape index (κ2) is 6.87. The minimum atomic E-state index is -0.364. The Morgan fingerprint density at radius 3 is 2.57 bits per heavy atom. The third-order valence-corrected chi connectivity index (χ3v) is 2.71. The van der Waals surface area contributed by atoms with Crippen molar-refractivity contribution in [2.24, 2.45) is 0 Å². The summed E-state index contributed by atoms with van der Waals surface area (Å²) in [5, 5.41) is 11.5. The first kappa shape index (κ1) is 14.3. The van der Waals surface area contributed by atoms with Crippen LogP contribution in [0.25, 0.3) is 0 Å². The molecule has 2 rings (SSSR count). The molecule has 1 amide bonds. The van der Waals surface area contributed by atoms with Gasteiger partial charge < -0.3 is 10.1 Å². The maximum atomic E-state index is 11.8. The molecule has 0 saturated heterocycles. The van der Waals surface area contributed by atoms with Crippen molar-refractivity contribution in [3.05, 3.63) is 59.7 Å². The van der Waals surface area contributed by atoms with Crippen molar-refractivity contribution in [2.75, 3.05) is 11.9 Å². The quantitative estimate of drug-likeness (QED) is 0.853. The molecule has 0 unspecified atom stereocenters. The average molecular weight is 280 g/mol. The third kappa shape index (κ3) is 3.91. The zero-order valence-corrected chi connectivity index (χ0v) is 11.1. The van der Waals surface area contributed by atoms with Crippen LogP contribution in [0.5, 0.6) is 5.75 Å². The Hall–Kier alpha value is -3.13. The average Bonchev–Trinajstić information content (AvgIpc) is 2.54. The van der Waals surface area contributed by atoms with Crippen LogP contribution >= 0.6 is 0 Å². The Morgan fingerprint density at radius 1 is 1.19 bits per heavy atom. The smallest absolute Gasteiger partial charge is 0.262 e. The summed E-state index contributed by atoms with van der Waals surface area (Å²) >= 11 is 0. The zero-order valence-electron chi connectivity index (χ0n) is 11.1. The van der Waals surface area contributed by atoms with Gasteiger partial charge in [0.2, 0.25) is 0 Å². The van der Waals surface area contributed by atoms with Crippen LogP contribution in [-0.2, 0) is 4.79 Å². The summed E-state index contributed by atoms with van der Waals surface area (Å²) in [6, 6.07) is 15.1. The molecule has 104 valence electrons. The highest BCUT2D eigenvalue weighted by Crippen LogP contribution is 2.14. The second-order valence-electron chi connectivity index (χ2n) is 4.18. The summed E-state index contributed by atoms with van der Waals surface area (Å²) in [6.45, 7) is -0.180. The van der Waals surface area contributed by atoms with Gasteiger partial charge in [0.1, 0.15) is 18.1 Å². The number of anilines is 1. The number of hydrogen-bond acceptors (Lipinski definition) is 4. The second-order valence-corrected chi connectivity index (χ2v) is 4.18. The summed E-state index contributed by atoms with van der Waals surface area (Å²) in [6.07, 6.45) is 0.731. The fourth-order valence-electron chi connectivity index (χ4n) is 1.67. The fourth-order valence-corrected chi connectivity index (χ4v) is 1.67. The summed E-state index contributed by atoms with van der Waals surface area (Å²) in [7, 11) is 0. The van der Waals surface area contributed by atoms with Gasteiger partial charge in [-0.3, -0.25) is 9.59 Å². The van der Waals surface area contributed by atoms with Crippen molar-refractivity contribution < 1.29 is 14.3 Å². The van der Waals surface area contributed by atoms with Gasteiger partial charge in [-0.2, -0.15) is 5.26 Å². The van der Waals surface area contributed by atoms with Crippen LogP contribution in [0.3, 0.4) is 0 Å². The lowest BCUT2D eigenvalue weighted by molar-refractivity contribution is -0.118. The largest absolute Gasteiger partial charge is 0.484 e. The number of rotatable bonds is 5. The summed E-state index contributed by atoms with van der Waals surface area (Å²) in [4.78, 5) is 22.3. The molecule has 5 heteroatoms. The molecule has 0 aliphatic carbocycles. The number of carbonyl (C=O) groups excluding carboxylic acids is 2. The van der Waals surface area contributed by atoms with Gasteiger partial charge in [0.25, 0.3) is 5.91 Å². The molecule has 0 aromatic heterocycles. The lowest BCUT2D eigenvalue weighted by Crippen LogP contribution is -2.20. The Kier molecular flexibility index (Phi) is 4.67. The molecular weight excluding hydrogens is 268 g/mol. The van der Waals surface area contributed by atoms with Crippen LogP contribution in [0.4, 0.5) is 5.69 Å². The minimum Gasteiger partial charge on any atom is -0.484 e. The first-order chi connectivity index (χ1) is 10.2. The monoisotopic (exact) mass is 280 g/mol. The molecule has 0 bridgehead atoms. The molecule has 0 radical (unpaired) electrons. The van der Waals surface area contributed by atoms with Crippen LogP contribution in [0.1, 0.15) is 15.9 Å². The molecule has 0 aliphatic heterocycles. The molecule has 21 heavy (non-hydrogen) atoms. The van der Waals surface area contributed by atoms with E-state index in [9.17, 15) is 9.59 Å². The minimum absolute atomic E-state index is 0.180. The van der Waals surface area contributed by atoms with Gasteiger partial charge >= 0.3 is 0 Å². The summed E-state index contributed by atoms with van der Waals surface area (Å²) in [5.41, 5.74) is 1.38. The van der Waals surface area contributed by atoms with Crippen LogP contribution < -0.4 is 10.1 Å². The maximum Gasteiger partial charge on any atom is 0.262 e. The summed E-state index contributed by atoms with van der Waals surface area (Å²) < 4.78 is 5.30. The molecule has 0 atom stereocenters. The van der Waals surface area contributed by atoms with E-state index in [0.717, 1.165) is 6.29 Å². The van der Waals surface area contributed by atoms with Crippen molar-refractivity contribution >= 4 is 17.9 Å². The van der Waals surface area contributed by atoms with E-state index in [0.29, 0.717) is 22.6 Å². The molecule has 0 heterocycles. The Bertz CT molecular complexity index is 687. The topological polar surface area (TPSA) is 79.2 Å². The van der Waals surface area contributed by atoms with E-state index >= 15 is 0 Å². The highest BCUT2D eigenvalue weighted by Gasteiger charge is 2.07. The van der Waals surface area contributed by atoms with Crippen molar-refractivity contribution in [2.45, 2.75) is 0 Å². The lowest BCUT2D eigenvalue weighted by Gasteiger charge is -2.08. The van der Waals surface area contributed by atoms with E-state index in [4.69, 9.17) is 10.00 Å². The van der Waals surface area contributed by atoms with Crippen LogP contribution in [0.2, 0.25) is 0 Å². The Morgan fingerprint density at radius 2 is 1.90 bits per heavy atom. The number of nitrogens with one attached hydrogen (secondary N) is 1. The number of aldehydes is 1. The lowest BCUT2D eigenvalue weighted by atomic mass is 10.2.